The highest BCUT2D eigenvalue weighted by molar-refractivity contribution is 5.20. The summed E-state index contributed by atoms with van der Waals surface area (Å²) in [5.74, 6) is 0. The van der Waals surface area contributed by atoms with E-state index in [1.807, 2.05) is 16.9 Å². The predicted octanol–water partition coefficient (Wildman–Crippen LogP) is 2.81. The van der Waals surface area contributed by atoms with E-state index in [9.17, 15) is 0 Å². The Balaban J connectivity index is 2.16. The molecule has 0 bridgehead atoms. The highest BCUT2D eigenvalue weighted by Gasteiger charge is 2.23. The van der Waals surface area contributed by atoms with Gasteiger partial charge in [0.2, 0.25) is 0 Å². The SMILES string of the molecule is CCNC(Cc1cnn(CC)c1)C(OC)c1ccccc1. The summed E-state index contributed by atoms with van der Waals surface area (Å²) in [7, 11) is 1.78. The van der Waals surface area contributed by atoms with Gasteiger partial charge in [0.25, 0.3) is 0 Å². The number of nitrogens with one attached hydrogen (secondary N) is 1. The van der Waals surface area contributed by atoms with E-state index in [0.29, 0.717) is 0 Å². The topological polar surface area (TPSA) is 39.1 Å². The lowest BCUT2D eigenvalue weighted by atomic mass is 9.97. The molecule has 21 heavy (non-hydrogen) atoms. The van der Waals surface area contributed by atoms with Crippen molar-refractivity contribution in [2.24, 2.45) is 0 Å². The smallest absolute Gasteiger partial charge is 0.0977 e. The molecular weight excluding hydrogens is 262 g/mol. The minimum Gasteiger partial charge on any atom is -0.375 e. The van der Waals surface area contributed by atoms with Crippen LogP contribution >= 0.6 is 0 Å². The number of likely N-dealkylation sites (N-methyl/N-ethyl adjacent to an activating group) is 1. The zero-order valence-corrected chi connectivity index (χ0v) is 13.1. The van der Waals surface area contributed by atoms with Gasteiger partial charge in [-0.05, 0) is 31.0 Å². The average molecular weight is 287 g/mol. The summed E-state index contributed by atoms with van der Waals surface area (Å²) in [5.41, 5.74) is 2.44. The van der Waals surface area contributed by atoms with E-state index >= 15 is 0 Å². The second-order valence-electron chi connectivity index (χ2n) is 5.14. The highest BCUT2D eigenvalue weighted by Crippen LogP contribution is 2.23. The molecule has 0 aliphatic carbocycles. The zero-order chi connectivity index (χ0) is 15.1. The average Bonchev–Trinajstić information content (AvgIpc) is 2.97. The lowest BCUT2D eigenvalue weighted by Crippen LogP contribution is -2.37. The Morgan fingerprint density at radius 3 is 2.57 bits per heavy atom. The molecule has 2 atom stereocenters. The Morgan fingerprint density at radius 2 is 2.00 bits per heavy atom. The van der Waals surface area contributed by atoms with Crippen molar-refractivity contribution in [1.82, 2.24) is 15.1 Å². The van der Waals surface area contributed by atoms with Crippen LogP contribution < -0.4 is 5.32 Å². The van der Waals surface area contributed by atoms with Crippen molar-refractivity contribution in [3.8, 4) is 0 Å². The van der Waals surface area contributed by atoms with Crippen molar-refractivity contribution in [3.05, 3.63) is 53.9 Å². The molecule has 4 nitrogen and oxygen atoms in total. The molecule has 0 aliphatic heterocycles. The Hall–Kier alpha value is -1.65. The molecule has 1 N–H and O–H groups in total. The van der Waals surface area contributed by atoms with E-state index in [2.05, 4.69) is 54.7 Å². The van der Waals surface area contributed by atoms with Crippen LogP contribution in [-0.2, 0) is 17.7 Å². The maximum Gasteiger partial charge on any atom is 0.0977 e. The number of ether oxygens (including phenoxy) is 1. The van der Waals surface area contributed by atoms with Crippen LogP contribution in [0.25, 0.3) is 0 Å². The van der Waals surface area contributed by atoms with Crippen molar-refractivity contribution < 1.29 is 4.74 Å². The van der Waals surface area contributed by atoms with E-state index in [0.717, 1.165) is 19.5 Å². The van der Waals surface area contributed by atoms with Crippen molar-refractivity contribution in [1.29, 1.82) is 0 Å². The molecule has 0 aliphatic rings. The Kier molecular flexibility index (Phi) is 5.96. The van der Waals surface area contributed by atoms with Gasteiger partial charge in [0.05, 0.1) is 12.3 Å². The molecule has 0 amide bonds. The summed E-state index contributed by atoms with van der Waals surface area (Å²) in [6.07, 6.45) is 5.01. The van der Waals surface area contributed by atoms with Gasteiger partial charge < -0.3 is 10.1 Å². The third-order valence-electron chi connectivity index (χ3n) is 3.68. The van der Waals surface area contributed by atoms with Crippen LogP contribution in [0.15, 0.2) is 42.7 Å². The first kappa shape index (κ1) is 15.7. The summed E-state index contributed by atoms with van der Waals surface area (Å²) in [6.45, 7) is 6.04. The lowest BCUT2D eigenvalue weighted by molar-refractivity contribution is 0.0684. The molecule has 2 aromatic rings. The fourth-order valence-electron chi connectivity index (χ4n) is 2.66. The molecule has 114 valence electrons. The first-order valence-electron chi connectivity index (χ1n) is 7.60. The molecule has 0 saturated carbocycles. The minimum absolute atomic E-state index is 0.0381. The summed E-state index contributed by atoms with van der Waals surface area (Å²) in [5, 5.41) is 7.90. The van der Waals surface area contributed by atoms with E-state index < -0.39 is 0 Å². The molecular formula is C17H25N3O. The number of rotatable bonds is 8. The number of aryl methyl sites for hydroxylation is 1. The normalized spacial score (nSPS) is 14.0. The number of methoxy groups -OCH3 is 1. The van der Waals surface area contributed by atoms with Gasteiger partial charge in [-0.15, -0.1) is 0 Å². The minimum atomic E-state index is 0.0381. The van der Waals surface area contributed by atoms with Crippen LogP contribution in [0, 0.1) is 0 Å². The predicted molar refractivity (Wildman–Crippen MR) is 85.3 cm³/mol. The maximum atomic E-state index is 5.77. The molecule has 2 rings (SSSR count). The first-order valence-corrected chi connectivity index (χ1v) is 7.60. The lowest BCUT2D eigenvalue weighted by Gasteiger charge is -2.27. The molecule has 0 radical (unpaired) electrons. The fraction of sp³-hybridized carbons (Fsp3) is 0.471. The molecule has 1 aromatic heterocycles. The van der Waals surface area contributed by atoms with E-state index in [1.165, 1.54) is 11.1 Å². The number of aromatic nitrogens is 2. The summed E-state index contributed by atoms with van der Waals surface area (Å²) in [4.78, 5) is 0. The fourth-order valence-corrected chi connectivity index (χ4v) is 2.66. The molecule has 0 spiro atoms. The second kappa shape index (κ2) is 7.96. The number of nitrogens with zero attached hydrogens (tertiary/aromatic N) is 2. The summed E-state index contributed by atoms with van der Waals surface area (Å²) >= 11 is 0. The number of hydrogen-bond acceptors (Lipinski definition) is 3. The van der Waals surface area contributed by atoms with Crippen LogP contribution in [0.2, 0.25) is 0 Å². The molecule has 1 aromatic carbocycles. The molecule has 4 heteroatoms. The Bertz CT molecular complexity index is 524. The maximum absolute atomic E-state index is 5.77. The zero-order valence-electron chi connectivity index (χ0n) is 13.1. The Labute approximate surface area is 127 Å². The van der Waals surface area contributed by atoms with Gasteiger partial charge in [-0.3, -0.25) is 4.68 Å². The third kappa shape index (κ3) is 4.16. The van der Waals surface area contributed by atoms with Gasteiger partial charge in [0.1, 0.15) is 0 Å². The highest BCUT2D eigenvalue weighted by atomic mass is 16.5. The summed E-state index contributed by atoms with van der Waals surface area (Å²) < 4.78 is 7.73. The second-order valence-corrected chi connectivity index (χ2v) is 5.14. The van der Waals surface area contributed by atoms with Crippen molar-refractivity contribution >= 4 is 0 Å². The monoisotopic (exact) mass is 287 g/mol. The van der Waals surface area contributed by atoms with Crippen molar-refractivity contribution in [3.63, 3.8) is 0 Å². The molecule has 0 fully saturated rings. The van der Waals surface area contributed by atoms with Gasteiger partial charge in [0.15, 0.2) is 0 Å². The van der Waals surface area contributed by atoms with Crippen molar-refractivity contribution in [2.75, 3.05) is 13.7 Å². The van der Waals surface area contributed by atoms with Crippen LogP contribution in [0.5, 0.6) is 0 Å². The number of hydrogen-bond donors (Lipinski definition) is 1. The Morgan fingerprint density at radius 1 is 1.24 bits per heavy atom. The standard InChI is InChI=1S/C17H25N3O/c1-4-18-16(11-14-12-19-20(5-2)13-14)17(21-3)15-9-7-6-8-10-15/h6-10,12-13,16-18H,4-5,11H2,1-3H3. The number of benzene rings is 1. The van der Waals surface area contributed by atoms with Gasteiger partial charge in [-0.2, -0.15) is 5.10 Å². The van der Waals surface area contributed by atoms with Crippen LogP contribution in [-0.4, -0.2) is 29.5 Å². The van der Waals surface area contributed by atoms with E-state index in [4.69, 9.17) is 4.74 Å². The van der Waals surface area contributed by atoms with Crippen LogP contribution in [0.1, 0.15) is 31.1 Å². The van der Waals surface area contributed by atoms with Gasteiger partial charge >= 0.3 is 0 Å². The third-order valence-corrected chi connectivity index (χ3v) is 3.68. The molecule has 2 unspecified atom stereocenters. The quantitative estimate of drug-likeness (QED) is 0.811. The summed E-state index contributed by atoms with van der Waals surface area (Å²) in [6, 6.07) is 10.6. The molecule has 1 heterocycles. The van der Waals surface area contributed by atoms with Gasteiger partial charge in [-0.25, -0.2) is 0 Å². The van der Waals surface area contributed by atoms with Crippen LogP contribution in [0.4, 0.5) is 0 Å². The first-order chi connectivity index (χ1) is 10.3. The van der Waals surface area contributed by atoms with Gasteiger partial charge in [0, 0.05) is 25.9 Å². The largest absolute Gasteiger partial charge is 0.375 e. The molecule has 0 saturated heterocycles. The van der Waals surface area contributed by atoms with Crippen LogP contribution in [0.3, 0.4) is 0 Å². The van der Waals surface area contributed by atoms with E-state index in [1.54, 1.807) is 7.11 Å². The van der Waals surface area contributed by atoms with E-state index in [-0.39, 0.29) is 12.1 Å². The van der Waals surface area contributed by atoms with Gasteiger partial charge in [-0.1, -0.05) is 37.3 Å². The van der Waals surface area contributed by atoms with Crippen molar-refractivity contribution in [2.45, 2.75) is 39.0 Å².